The van der Waals surface area contributed by atoms with Gasteiger partial charge in [-0.3, -0.25) is 10.1 Å². The van der Waals surface area contributed by atoms with E-state index in [9.17, 15) is 10.1 Å². The zero-order chi connectivity index (χ0) is 21.3. The van der Waals surface area contributed by atoms with Gasteiger partial charge in [0.25, 0.3) is 5.91 Å². The molecule has 1 aromatic heterocycles. The first-order valence-corrected chi connectivity index (χ1v) is 10.3. The highest BCUT2D eigenvalue weighted by atomic mass is 35.5. The van der Waals surface area contributed by atoms with Gasteiger partial charge in [-0.05, 0) is 42.8 Å². The molecule has 0 aliphatic heterocycles. The number of ether oxygens (including phenoxy) is 2. The number of rotatable bonds is 8. The summed E-state index contributed by atoms with van der Waals surface area (Å²) >= 11 is 7.55. The molecule has 0 saturated carbocycles. The van der Waals surface area contributed by atoms with Crippen LogP contribution in [0, 0.1) is 18.3 Å². The molecule has 0 spiro atoms. The predicted octanol–water partition coefficient (Wildman–Crippen LogP) is 5.11. The van der Waals surface area contributed by atoms with Gasteiger partial charge in [-0.15, -0.1) is 11.3 Å². The third-order valence-electron chi connectivity index (χ3n) is 3.92. The molecule has 0 fully saturated rings. The number of amides is 1. The van der Waals surface area contributed by atoms with Gasteiger partial charge in [0.15, 0.2) is 5.13 Å². The van der Waals surface area contributed by atoms with Crippen LogP contribution in [0.5, 0.6) is 11.5 Å². The Morgan fingerprint density at radius 1 is 1.23 bits per heavy atom. The molecule has 0 aliphatic carbocycles. The lowest BCUT2D eigenvalue weighted by atomic mass is 10.1. The number of nitrogens with one attached hydrogen (secondary N) is 1. The predicted molar refractivity (Wildman–Crippen MR) is 118 cm³/mol. The first kappa shape index (κ1) is 21.4. The molecule has 3 rings (SSSR count). The summed E-state index contributed by atoms with van der Waals surface area (Å²) in [5.41, 5.74) is 1.72. The van der Waals surface area contributed by atoms with Crippen LogP contribution in [0.2, 0.25) is 5.02 Å². The highest BCUT2D eigenvalue weighted by Crippen LogP contribution is 2.26. The fraction of sp³-hybridized carbons (Fsp3) is 0.136. The minimum Gasteiger partial charge on any atom is -0.490 e. The molecule has 3 aromatic rings. The number of benzene rings is 2. The van der Waals surface area contributed by atoms with Crippen molar-refractivity contribution in [3.63, 3.8) is 0 Å². The second kappa shape index (κ2) is 10.4. The fourth-order valence-electron chi connectivity index (χ4n) is 2.43. The van der Waals surface area contributed by atoms with Crippen LogP contribution in [-0.2, 0) is 4.79 Å². The van der Waals surface area contributed by atoms with Crippen molar-refractivity contribution < 1.29 is 14.3 Å². The number of hydrogen-bond acceptors (Lipinski definition) is 6. The van der Waals surface area contributed by atoms with E-state index in [2.05, 4.69) is 10.3 Å². The van der Waals surface area contributed by atoms with E-state index < -0.39 is 5.91 Å². The SMILES string of the molecule is Cc1ccc(OCCOc2ccc(/C=C(/C#N)C(=O)Nc3nccs3)cc2Cl)cc1. The third kappa shape index (κ3) is 6.08. The van der Waals surface area contributed by atoms with Crippen LogP contribution in [0.25, 0.3) is 6.08 Å². The maximum absolute atomic E-state index is 12.2. The van der Waals surface area contributed by atoms with Gasteiger partial charge in [0, 0.05) is 11.6 Å². The molecule has 30 heavy (non-hydrogen) atoms. The van der Waals surface area contributed by atoms with E-state index in [4.69, 9.17) is 21.1 Å². The number of aromatic nitrogens is 1. The molecule has 0 saturated heterocycles. The molecule has 0 atom stereocenters. The summed E-state index contributed by atoms with van der Waals surface area (Å²) in [4.78, 5) is 16.2. The van der Waals surface area contributed by atoms with Gasteiger partial charge in [0.05, 0.1) is 5.02 Å². The Labute approximate surface area is 183 Å². The molecular formula is C22H18ClN3O3S. The Hall–Kier alpha value is -3.34. The van der Waals surface area contributed by atoms with E-state index >= 15 is 0 Å². The van der Waals surface area contributed by atoms with Crippen molar-refractivity contribution in [1.29, 1.82) is 5.26 Å². The monoisotopic (exact) mass is 439 g/mol. The van der Waals surface area contributed by atoms with Gasteiger partial charge < -0.3 is 9.47 Å². The lowest BCUT2D eigenvalue weighted by Gasteiger charge is -2.10. The molecule has 8 heteroatoms. The van der Waals surface area contributed by atoms with Crippen molar-refractivity contribution in [3.05, 3.63) is 75.8 Å². The van der Waals surface area contributed by atoms with E-state index in [-0.39, 0.29) is 5.57 Å². The largest absolute Gasteiger partial charge is 0.490 e. The number of aryl methyl sites for hydroxylation is 1. The maximum atomic E-state index is 12.2. The van der Waals surface area contributed by atoms with Crippen LogP contribution in [0.15, 0.2) is 59.6 Å². The van der Waals surface area contributed by atoms with Crippen LogP contribution in [0.4, 0.5) is 5.13 Å². The molecule has 1 amide bonds. The summed E-state index contributed by atoms with van der Waals surface area (Å²) < 4.78 is 11.3. The second-order valence-electron chi connectivity index (χ2n) is 6.16. The number of carbonyl (C=O) groups is 1. The van der Waals surface area contributed by atoms with Crippen molar-refractivity contribution in [2.45, 2.75) is 6.92 Å². The van der Waals surface area contributed by atoms with E-state index in [0.29, 0.717) is 34.7 Å². The van der Waals surface area contributed by atoms with Gasteiger partial charge in [0.1, 0.15) is 36.4 Å². The van der Waals surface area contributed by atoms with Crippen LogP contribution in [0.3, 0.4) is 0 Å². The lowest BCUT2D eigenvalue weighted by Crippen LogP contribution is -2.13. The van der Waals surface area contributed by atoms with E-state index in [1.54, 1.807) is 29.8 Å². The van der Waals surface area contributed by atoms with Crippen LogP contribution in [-0.4, -0.2) is 24.1 Å². The summed E-state index contributed by atoms with van der Waals surface area (Å²) in [6, 6.07) is 14.7. The zero-order valence-corrected chi connectivity index (χ0v) is 17.7. The third-order valence-corrected chi connectivity index (χ3v) is 4.90. The second-order valence-corrected chi connectivity index (χ2v) is 7.46. The summed E-state index contributed by atoms with van der Waals surface area (Å²) in [5, 5.41) is 14.4. The summed E-state index contributed by atoms with van der Waals surface area (Å²) in [5.74, 6) is 0.736. The quantitative estimate of drug-likeness (QED) is 0.299. The van der Waals surface area contributed by atoms with Crippen molar-refractivity contribution in [1.82, 2.24) is 4.98 Å². The molecule has 2 aromatic carbocycles. The Morgan fingerprint density at radius 2 is 2.00 bits per heavy atom. The fourth-order valence-corrected chi connectivity index (χ4v) is 3.20. The highest BCUT2D eigenvalue weighted by Gasteiger charge is 2.11. The number of anilines is 1. The van der Waals surface area contributed by atoms with Gasteiger partial charge in [-0.25, -0.2) is 4.98 Å². The van der Waals surface area contributed by atoms with E-state index in [1.807, 2.05) is 37.3 Å². The number of nitrogens with zero attached hydrogens (tertiary/aromatic N) is 2. The number of nitriles is 1. The first-order valence-electron chi connectivity index (χ1n) is 8.99. The van der Waals surface area contributed by atoms with Crippen molar-refractivity contribution in [3.8, 4) is 17.6 Å². The molecule has 0 unspecified atom stereocenters. The normalized spacial score (nSPS) is 10.9. The minimum absolute atomic E-state index is 0.0542. The summed E-state index contributed by atoms with van der Waals surface area (Å²) in [6.45, 7) is 2.71. The Bertz CT molecular complexity index is 1070. The molecular weight excluding hydrogens is 422 g/mol. The van der Waals surface area contributed by atoms with Crippen molar-refractivity contribution in [2.24, 2.45) is 0 Å². The van der Waals surface area contributed by atoms with E-state index in [1.165, 1.54) is 23.0 Å². The first-order chi connectivity index (χ1) is 14.5. The van der Waals surface area contributed by atoms with E-state index in [0.717, 1.165) is 5.75 Å². The molecule has 1 N–H and O–H groups in total. The molecule has 152 valence electrons. The Kier molecular flexibility index (Phi) is 7.44. The van der Waals surface area contributed by atoms with Gasteiger partial charge >= 0.3 is 0 Å². The zero-order valence-electron chi connectivity index (χ0n) is 16.1. The highest BCUT2D eigenvalue weighted by molar-refractivity contribution is 7.13. The van der Waals surface area contributed by atoms with Gasteiger partial charge in [-0.2, -0.15) is 5.26 Å². The molecule has 0 aliphatic rings. The van der Waals surface area contributed by atoms with Gasteiger partial charge in [-0.1, -0.05) is 35.4 Å². The van der Waals surface area contributed by atoms with Crippen LogP contribution in [0.1, 0.15) is 11.1 Å². The molecule has 6 nitrogen and oxygen atoms in total. The average Bonchev–Trinajstić information content (AvgIpc) is 3.25. The number of hydrogen-bond donors (Lipinski definition) is 1. The topological polar surface area (TPSA) is 84.2 Å². The van der Waals surface area contributed by atoms with Crippen molar-refractivity contribution >= 4 is 40.1 Å². The number of halogens is 1. The summed E-state index contributed by atoms with van der Waals surface area (Å²) in [6.07, 6.45) is 3.03. The van der Waals surface area contributed by atoms with Crippen LogP contribution >= 0.6 is 22.9 Å². The smallest absolute Gasteiger partial charge is 0.268 e. The Morgan fingerprint density at radius 3 is 2.67 bits per heavy atom. The lowest BCUT2D eigenvalue weighted by molar-refractivity contribution is -0.112. The van der Waals surface area contributed by atoms with Crippen molar-refractivity contribution in [2.75, 3.05) is 18.5 Å². The van der Waals surface area contributed by atoms with Gasteiger partial charge in [0.2, 0.25) is 0 Å². The summed E-state index contributed by atoms with van der Waals surface area (Å²) in [7, 11) is 0. The molecule has 1 heterocycles. The standard InChI is InChI=1S/C22H18ClN3O3S/c1-15-2-5-18(6-3-15)28-9-10-29-20-7-4-16(13-19(20)23)12-17(14-24)21(27)26-22-25-8-11-30-22/h2-8,11-13H,9-10H2,1H3,(H,25,26,27)/b17-12-. The molecule has 0 radical (unpaired) electrons. The van der Waals surface area contributed by atoms with Crippen LogP contribution < -0.4 is 14.8 Å². The Balaban J connectivity index is 1.57. The maximum Gasteiger partial charge on any atom is 0.268 e. The average molecular weight is 440 g/mol. The number of thiazole rings is 1. The minimum atomic E-state index is -0.530. The number of carbonyl (C=O) groups excluding carboxylic acids is 1. The molecule has 0 bridgehead atoms.